The first-order valence-corrected chi connectivity index (χ1v) is 10.7. The average Bonchev–Trinajstić information content (AvgIpc) is 3.15. The minimum absolute atomic E-state index is 0.198. The summed E-state index contributed by atoms with van der Waals surface area (Å²) in [6, 6.07) is 4.02. The number of hydrogen-bond donors (Lipinski definition) is 0. The van der Waals surface area contributed by atoms with Gasteiger partial charge in [-0.05, 0) is 30.2 Å². The number of anilines is 1. The number of amidine groups is 1. The van der Waals surface area contributed by atoms with Gasteiger partial charge in [-0.2, -0.15) is 0 Å². The number of aromatic nitrogens is 1. The van der Waals surface area contributed by atoms with Crippen LogP contribution < -0.4 is 4.90 Å². The predicted molar refractivity (Wildman–Crippen MR) is 114 cm³/mol. The first kappa shape index (κ1) is 19.9. The fraction of sp³-hybridized carbons (Fsp3) is 0.600. The van der Waals surface area contributed by atoms with Gasteiger partial charge in [0.15, 0.2) is 5.84 Å². The van der Waals surface area contributed by atoms with Gasteiger partial charge in [0.05, 0.1) is 11.6 Å². The molecule has 2 aliphatic rings. The highest BCUT2D eigenvalue weighted by molar-refractivity contribution is 8.13. The Kier molecular flexibility index (Phi) is 6.19. The van der Waals surface area contributed by atoms with E-state index >= 15 is 0 Å². The summed E-state index contributed by atoms with van der Waals surface area (Å²) in [7, 11) is 0. The van der Waals surface area contributed by atoms with Crippen molar-refractivity contribution in [2.24, 2.45) is 15.4 Å². The SMILES string of the molecule is CSC1=NC(c2ccnc(N3CCN(C(=O)CCC(C)(C)C)CC3)c2)=NC1. The number of carbonyl (C=O) groups excluding carboxylic acids is 1. The summed E-state index contributed by atoms with van der Waals surface area (Å²) in [6.07, 6.45) is 5.40. The lowest BCUT2D eigenvalue weighted by Crippen LogP contribution is -2.49. The second-order valence-corrected chi connectivity index (χ2v) is 9.06. The molecule has 3 heterocycles. The molecule has 1 aromatic heterocycles. The largest absolute Gasteiger partial charge is 0.353 e. The molecule has 7 heteroatoms. The van der Waals surface area contributed by atoms with Crippen LogP contribution in [0.1, 0.15) is 39.2 Å². The maximum atomic E-state index is 12.4. The topological polar surface area (TPSA) is 61.2 Å². The standard InChI is InChI=1S/C20H29N5OS/c1-20(2,3)7-5-18(26)25-11-9-24(10-12-25)16-13-15(6-8-21-16)19-22-14-17(23-19)27-4/h6,8,13H,5,7,9-12,14H2,1-4H3. The van der Waals surface area contributed by atoms with Gasteiger partial charge in [0.1, 0.15) is 5.82 Å². The molecule has 3 rings (SSSR count). The van der Waals surface area contributed by atoms with Crippen molar-refractivity contribution in [3.63, 3.8) is 0 Å². The predicted octanol–water partition coefficient (Wildman–Crippen LogP) is 3.08. The zero-order chi connectivity index (χ0) is 19.4. The van der Waals surface area contributed by atoms with E-state index in [9.17, 15) is 4.79 Å². The number of rotatable bonds is 4. The van der Waals surface area contributed by atoms with Crippen LogP contribution in [0.3, 0.4) is 0 Å². The Labute approximate surface area is 166 Å². The van der Waals surface area contributed by atoms with Crippen molar-refractivity contribution in [3.8, 4) is 0 Å². The lowest BCUT2D eigenvalue weighted by Gasteiger charge is -2.36. The van der Waals surface area contributed by atoms with Crippen LogP contribution in [-0.4, -0.2) is 65.6 Å². The van der Waals surface area contributed by atoms with Gasteiger partial charge in [-0.25, -0.2) is 9.98 Å². The summed E-state index contributed by atoms with van der Waals surface area (Å²) < 4.78 is 0. The number of amides is 1. The normalized spacial score (nSPS) is 17.8. The third kappa shape index (κ3) is 5.31. The summed E-state index contributed by atoms with van der Waals surface area (Å²) in [5.41, 5.74) is 1.21. The molecule has 6 nitrogen and oxygen atoms in total. The quantitative estimate of drug-likeness (QED) is 0.797. The molecule has 146 valence electrons. The van der Waals surface area contributed by atoms with Gasteiger partial charge >= 0.3 is 0 Å². The maximum absolute atomic E-state index is 12.4. The number of nitrogens with zero attached hydrogens (tertiary/aromatic N) is 5. The van der Waals surface area contributed by atoms with Crippen molar-refractivity contribution >= 4 is 34.4 Å². The van der Waals surface area contributed by atoms with Crippen molar-refractivity contribution in [1.82, 2.24) is 9.88 Å². The first-order valence-electron chi connectivity index (χ1n) is 9.51. The van der Waals surface area contributed by atoms with Crippen LogP contribution in [-0.2, 0) is 4.79 Å². The second-order valence-electron chi connectivity index (χ2n) is 8.18. The summed E-state index contributed by atoms with van der Waals surface area (Å²) >= 11 is 1.64. The van der Waals surface area contributed by atoms with E-state index in [4.69, 9.17) is 0 Å². The fourth-order valence-electron chi connectivity index (χ4n) is 3.15. The van der Waals surface area contributed by atoms with Gasteiger partial charge in [0.2, 0.25) is 5.91 Å². The van der Waals surface area contributed by atoms with E-state index in [0.29, 0.717) is 13.0 Å². The molecule has 1 aromatic rings. The van der Waals surface area contributed by atoms with Gasteiger partial charge in [0.25, 0.3) is 0 Å². The van der Waals surface area contributed by atoms with Crippen molar-refractivity contribution in [2.75, 3.05) is 43.9 Å². The number of hydrogen-bond acceptors (Lipinski definition) is 6. The van der Waals surface area contributed by atoms with Crippen LogP contribution in [0.5, 0.6) is 0 Å². The van der Waals surface area contributed by atoms with Crippen molar-refractivity contribution < 1.29 is 4.79 Å². The summed E-state index contributed by atoms with van der Waals surface area (Å²) in [6.45, 7) is 10.3. The lowest BCUT2D eigenvalue weighted by molar-refractivity contribution is -0.132. The van der Waals surface area contributed by atoms with E-state index in [1.165, 1.54) is 0 Å². The number of piperazine rings is 1. The van der Waals surface area contributed by atoms with Crippen LogP contribution in [0, 0.1) is 5.41 Å². The summed E-state index contributed by atoms with van der Waals surface area (Å²) in [5.74, 6) is 1.99. The smallest absolute Gasteiger partial charge is 0.222 e. The molecule has 0 bridgehead atoms. The number of aliphatic imine (C=N–C) groups is 2. The Morgan fingerprint density at radius 1 is 1.22 bits per heavy atom. The maximum Gasteiger partial charge on any atom is 0.222 e. The highest BCUT2D eigenvalue weighted by atomic mass is 32.2. The molecule has 0 N–H and O–H groups in total. The monoisotopic (exact) mass is 387 g/mol. The Hall–Kier alpha value is -1.89. The molecule has 0 aliphatic carbocycles. The van der Waals surface area contributed by atoms with Crippen LogP contribution >= 0.6 is 11.8 Å². The molecular formula is C20H29N5OS. The third-order valence-electron chi connectivity index (χ3n) is 4.88. The van der Waals surface area contributed by atoms with E-state index in [2.05, 4.69) is 46.7 Å². The highest BCUT2D eigenvalue weighted by Gasteiger charge is 2.23. The Morgan fingerprint density at radius 3 is 2.59 bits per heavy atom. The number of thioether (sulfide) groups is 1. The van der Waals surface area contributed by atoms with E-state index in [0.717, 1.165) is 54.9 Å². The number of carbonyl (C=O) groups is 1. The molecule has 1 saturated heterocycles. The van der Waals surface area contributed by atoms with Crippen LogP contribution in [0.15, 0.2) is 28.3 Å². The van der Waals surface area contributed by atoms with E-state index in [-0.39, 0.29) is 11.3 Å². The average molecular weight is 388 g/mol. The molecule has 2 aliphatic heterocycles. The minimum Gasteiger partial charge on any atom is -0.353 e. The molecule has 1 fully saturated rings. The van der Waals surface area contributed by atoms with Gasteiger partial charge in [0, 0.05) is 44.4 Å². The van der Waals surface area contributed by atoms with Crippen molar-refractivity contribution in [1.29, 1.82) is 0 Å². The van der Waals surface area contributed by atoms with E-state index < -0.39 is 0 Å². The van der Waals surface area contributed by atoms with Gasteiger partial charge in [-0.3, -0.25) is 9.79 Å². The second kappa shape index (κ2) is 8.42. The molecule has 1 amide bonds. The fourth-order valence-corrected chi connectivity index (χ4v) is 3.52. The van der Waals surface area contributed by atoms with Gasteiger partial charge in [-0.1, -0.05) is 20.8 Å². The number of pyridine rings is 1. The Morgan fingerprint density at radius 2 is 1.96 bits per heavy atom. The van der Waals surface area contributed by atoms with Crippen LogP contribution in [0.4, 0.5) is 5.82 Å². The lowest BCUT2D eigenvalue weighted by atomic mass is 9.90. The van der Waals surface area contributed by atoms with E-state index in [1.54, 1.807) is 11.8 Å². The van der Waals surface area contributed by atoms with E-state index in [1.807, 2.05) is 23.4 Å². The van der Waals surface area contributed by atoms with Crippen molar-refractivity contribution in [2.45, 2.75) is 33.6 Å². The molecule has 0 saturated carbocycles. The molecule has 0 spiro atoms. The van der Waals surface area contributed by atoms with Crippen LogP contribution in [0.25, 0.3) is 0 Å². The summed E-state index contributed by atoms with van der Waals surface area (Å²) in [4.78, 5) is 30.3. The zero-order valence-electron chi connectivity index (χ0n) is 16.7. The molecule has 0 atom stereocenters. The Balaban J connectivity index is 1.58. The van der Waals surface area contributed by atoms with Crippen molar-refractivity contribution in [3.05, 3.63) is 23.9 Å². The first-order chi connectivity index (χ1) is 12.9. The summed E-state index contributed by atoms with van der Waals surface area (Å²) in [5, 5.41) is 1.05. The highest BCUT2D eigenvalue weighted by Crippen LogP contribution is 2.22. The molecule has 0 unspecified atom stereocenters. The molecule has 0 aromatic carbocycles. The van der Waals surface area contributed by atoms with Gasteiger partial charge in [-0.15, -0.1) is 11.8 Å². The Bertz CT molecular complexity index is 745. The molecular weight excluding hydrogens is 358 g/mol. The third-order valence-corrected chi connectivity index (χ3v) is 5.57. The van der Waals surface area contributed by atoms with Crippen LogP contribution in [0.2, 0.25) is 0 Å². The molecule has 0 radical (unpaired) electrons. The zero-order valence-corrected chi connectivity index (χ0v) is 17.6. The molecule has 27 heavy (non-hydrogen) atoms. The van der Waals surface area contributed by atoms with Gasteiger partial charge < -0.3 is 9.80 Å². The minimum atomic E-state index is 0.198.